The lowest BCUT2D eigenvalue weighted by Gasteiger charge is -2.08. The van der Waals surface area contributed by atoms with E-state index in [1.807, 2.05) is 25.1 Å². The van der Waals surface area contributed by atoms with Crippen LogP contribution in [-0.4, -0.2) is 5.91 Å². The van der Waals surface area contributed by atoms with E-state index in [2.05, 4.69) is 21.2 Å². The molecule has 0 fully saturated rings. The van der Waals surface area contributed by atoms with Crippen molar-refractivity contribution >= 4 is 38.9 Å². The average Bonchev–Trinajstić information content (AvgIpc) is 2.32. The minimum Gasteiger partial charge on any atom is -0.399 e. The molecule has 5 heteroatoms. The summed E-state index contributed by atoms with van der Waals surface area (Å²) < 4.78 is 0.999. The van der Waals surface area contributed by atoms with Crippen molar-refractivity contribution in [3.05, 3.63) is 52.0 Å². The Labute approximate surface area is 119 Å². The van der Waals surface area contributed by atoms with Crippen molar-refractivity contribution in [2.45, 2.75) is 6.92 Å². The smallest absolute Gasteiger partial charge is 0.255 e. The van der Waals surface area contributed by atoms with Crippen LogP contribution in [0.5, 0.6) is 0 Å². The van der Waals surface area contributed by atoms with Gasteiger partial charge in [-0.25, -0.2) is 0 Å². The number of carbonyl (C=O) groups is 1. The molecule has 5 N–H and O–H groups in total. The molecular formula is C14H14BrN3O. The van der Waals surface area contributed by atoms with E-state index in [1.54, 1.807) is 18.2 Å². The summed E-state index contributed by atoms with van der Waals surface area (Å²) in [6.45, 7) is 1.96. The molecule has 0 heterocycles. The summed E-state index contributed by atoms with van der Waals surface area (Å²) in [6, 6.07) is 10.4. The second-order valence-corrected chi connectivity index (χ2v) is 5.16. The molecule has 0 saturated heterocycles. The summed E-state index contributed by atoms with van der Waals surface area (Å²) in [5, 5.41) is 2.81. The van der Waals surface area contributed by atoms with Gasteiger partial charge < -0.3 is 16.8 Å². The second-order valence-electron chi connectivity index (χ2n) is 4.31. The molecule has 0 aliphatic carbocycles. The molecule has 0 saturated carbocycles. The van der Waals surface area contributed by atoms with Crippen molar-refractivity contribution in [1.82, 2.24) is 0 Å². The third-order valence-corrected chi connectivity index (χ3v) is 3.55. The average molecular weight is 320 g/mol. The number of aryl methyl sites for hydroxylation is 1. The van der Waals surface area contributed by atoms with Crippen molar-refractivity contribution in [2.75, 3.05) is 16.8 Å². The fourth-order valence-corrected chi connectivity index (χ4v) is 1.98. The van der Waals surface area contributed by atoms with E-state index in [0.29, 0.717) is 16.9 Å². The van der Waals surface area contributed by atoms with Gasteiger partial charge in [-0.2, -0.15) is 0 Å². The van der Waals surface area contributed by atoms with Gasteiger partial charge in [-0.3, -0.25) is 4.79 Å². The van der Waals surface area contributed by atoms with Gasteiger partial charge in [-0.15, -0.1) is 0 Å². The van der Waals surface area contributed by atoms with Gasteiger partial charge in [0, 0.05) is 27.1 Å². The molecule has 0 radical (unpaired) electrons. The molecule has 0 unspecified atom stereocenters. The molecule has 1 amide bonds. The fraction of sp³-hybridized carbons (Fsp3) is 0.0714. The SMILES string of the molecule is Cc1cc(NC(=O)c2cc(N)cc(N)c2)ccc1Br. The number of anilines is 3. The summed E-state index contributed by atoms with van der Waals surface area (Å²) in [4.78, 5) is 12.1. The maximum Gasteiger partial charge on any atom is 0.255 e. The van der Waals surface area contributed by atoms with Crippen LogP contribution in [0, 0.1) is 6.92 Å². The van der Waals surface area contributed by atoms with Crippen LogP contribution in [0.1, 0.15) is 15.9 Å². The number of nitrogens with two attached hydrogens (primary N) is 2. The Morgan fingerprint density at radius 2 is 1.74 bits per heavy atom. The van der Waals surface area contributed by atoms with Crippen LogP contribution in [0.4, 0.5) is 17.1 Å². The number of hydrogen-bond donors (Lipinski definition) is 3. The van der Waals surface area contributed by atoms with Crippen molar-refractivity contribution in [1.29, 1.82) is 0 Å². The first-order chi connectivity index (χ1) is 8.95. The Hall–Kier alpha value is -2.01. The number of amides is 1. The summed E-state index contributed by atoms with van der Waals surface area (Å²) in [5.41, 5.74) is 14.5. The highest BCUT2D eigenvalue weighted by molar-refractivity contribution is 9.10. The number of nitrogen functional groups attached to an aromatic ring is 2. The van der Waals surface area contributed by atoms with Gasteiger partial charge in [0.2, 0.25) is 0 Å². The van der Waals surface area contributed by atoms with Gasteiger partial charge in [0.25, 0.3) is 5.91 Å². The standard InChI is InChI=1S/C14H14BrN3O/c1-8-4-12(2-3-13(8)15)18-14(19)9-5-10(16)7-11(17)6-9/h2-7H,16-17H2,1H3,(H,18,19). The van der Waals surface area contributed by atoms with E-state index in [1.165, 1.54) is 0 Å². The first kappa shape index (κ1) is 13.4. The number of rotatable bonds is 2. The van der Waals surface area contributed by atoms with E-state index in [4.69, 9.17) is 11.5 Å². The second kappa shape index (κ2) is 5.32. The van der Waals surface area contributed by atoms with Gasteiger partial charge in [0.1, 0.15) is 0 Å². The highest BCUT2D eigenvalue weighted by Crippen LogP contribution is 2.21. The van der Waals surface area contributed by atoms with Crippen LogP contribution in [0.2, 0.25) is 0 Å². The number of nitrogens with one attached hydrogen (secondary N) is 1. The summed E-state index contributed by atoms with van der Waals surface area (Å²) >= 11 is 3.41. The molecule has 0 bridgehead atoms. The largest absolute Gasteiger partial charge is 0.399 e. The molecule has 0 aliphatic heterocycles. The topological polar surface area (TPSA) is 81.1 Å². The zero-order valence-electron chi connectivity index (χ0n) is 10.4. The van der Waals surface area contributed by atoms with Gasteiger partial charge in [0.05, 0.1) is 0 Å². The van der Waals surface area contributed by atoms with E-state index in [9.17, 15) is 4.79 Å². The van der Waals surface area contributed by atoms with Gasteiger partial charge >= 0.3 is 0 Å². The van der Waals surface area contributed by atoms with Gasteiger partial charge in [0.15, 0.2) is 0 Å². The van der Waals surface area contributed by atoms with Crippen molar-refractivity contribution < 1.29 is 4.79 Å². The molecule has 0 atom stereocenters. The lowest BCUT2D eigenvalue weighted by atomic mass is 10.1. The van der Waals surface area contributed by atoms with Crippen LogP contribution in [-0.2, 0) is 0 Å². The number of carbonyl (C=O) groups excluding carboxylic acids is 1. The minimum atomic E-state index is -0.235. The molecule has 0 spiro atoms. The summed E-state index contributed by atoms with van der Waals surface area (Å²) in [5.74, 6) is -0.235. The maximum absolute atomic E-state index is 12.1. The summed E-state index contributed by atoms with van der Waals surface area (Å²) in [6.07, 6.45) is 0. The molecule has 98 valence electrons. The lowest BCUT2D eigenvalue weighted by Crippen LogP contribution is -2.12. The number of benzene rings is 2. The Bertz CT molecular complexity index is 620. The molecule has 4 nitrogen and oxygen atoms in total. The Morgan fingerprint density at radius 1 is 1.11 bits per heavy atom. The van der Waals surface area contributed by atoms with Crippen LogP contribution >= 0.6 is 15.9 Å². The van der Waals surface area contributed by atoms with Crippen LogP contribution in [0.15, 0.2) is 40.9 Å². The van der Waals surface area contributed by atoms with Crippen molar-refractivity contribution in [3.63, 3.8) is 0 Å². The predicted octanol–water partition coefficient (Wildman–Crippen LogP) is 3.17. The fourth-order valence-electron chi connectivity index (χ4n) is 1.73. The zero-order chi connectivity index (χ0) is 14.0. The van der Waals surface area contributed by atoms with Gasteiger partial charge in [-0.1, -0.05) is 15.9 Å². The lowest BCUT2D eigenvalue weighted by molar-refractivity contribution is 0.102. The van der Waals surface area contributed by atoms with E-state index >= 15 is 0 Å². The monoisotopic (exact) mass is 319 g/mol. The van der Waals surface area contributed by atoms with E-state index in [0.717, 1.165) is 15.7 Å². The predicted molar refractivity (Wildman–Crippen MR) is 82.1 cm³/mol. The third kappa shape index (κ3) is 3.26. The van der Waals surface area contributed by atoms with E-state index < -0.39 is 0 Å². The molecule has 2 aromatic rings. The molecule has 0 aliphatic rings. The third-order valence-electron chi connectivity index (χ3n) is 2.66. The van der Waals surface area contributed by atoms with Crippen LogP contribution in [0.25, 0.3) is 0 Å². The van der Waals surface area contributed by atoms with Crippen molar-refractivity contribution in [2.24, 2.45) is 0 Å². The maximum atomic E-state index is 12.1. The Kier molecular flexibility index (Phi) is 3.76. The molecule has 2 aromatic carbocycles. The molecule has 19 heavy (non-hydrogen) atoms. The normalized spacial score (nSPS) is 10.2. The van der Waals surface area contributed by atoms with Gasteiger partial charge in [-0.05, 0) is 48.9 Å². The first-order valence-corrected chi connectivity index (χ1v) is 6.48. The molecule has 0 aromatic heterocycles. The quantitative estimate of drug-likeness (QED) is 0.743. The first-order valence-electron chi connectivity index (χ1n) is 5.69. The molecule has 2 rings (SSSR count). The van der Waals surface area contributed by atoms with Crippen molar-refractivity contribution in [3.8, 4) is 0 Å². The Balaban J connectivity index is 2.22. The number of halogens is 1. The highest BCUT2D eigenvalue weighted by Gasteiger charge is 2.08. The minimum absolute atomic E-state index is 0.235. The highest BCUT2D eigenvalue weighted by atomic mass is 79.9. The number of hydrogen-bond acceptors (Lipinski definition) is 3. The van der Waals surface area contributed by atoms with Crippen LogP contribution < -0.4 is 16.8 Å². The zero-order valence-corrected chi connectivity index (χ0v) is 12.0. The van der Waals surface area contributed by atoms with E-state index in [-0.39, 0.29) is 5.91 Å². The van der Waals surface area contributed by atoms with Crippen LogP contribution in [0.3, 0.4) is 0 Å². The Morgan fingerprint density at radius 3 is 2.32 bits per heavy atom. The molecular weight excluding hydrogens is 306 g/mol. The summed E-state index contributed by atoms with van der Waals surface area (Å²) in [7, 11) is 0.